The molecule has 0 spiro atoms. The van der Waals surface area contributed by atoms with Crippen molar-refractivity contribution in [3.8, 4) is 11.5 Å². The van der Waals surface area contributed by atoms with Gasteiger partial charge in [0.05, 0.1) is 0 Å². The molecule has 5 nitrogen and oxygen atoms in total. The van der Waals surface area contributed by atoms with E-state index in [9.17, 15) is 10.2 Å². The van der Waals surface area contributed by atoms with Crippen LogP contribution < -0.4 is 5.32 Å². The molecule has 1 aliphatic rings. The largest absolute Gasteiger partial charge is 0.508 e. The molecule has 1 heterocycles. The highest BCUT2D eigenvalue weighted by atomic mass is 16.3. The molecule has 0 aliphatic carbocycles. The molecule has 5 heteroatoms. The van der Waals surface area contributed by atoms with E-state index in [0.29, 0.717) is 0 Å². The number of nitrogens with one attached hydrogen (secondary N) is 1. The third kappa shape index (κ3) is 5.19. The molecule has 0 radical (unpaired) electrons. The lowest BCUT2D eigenvalue weighted by molar-refractivity contribution is 0.152. The molecule has 0 amide bonds. The van der Waals surface area contributed by atoms with Crippen molar-refractivity contribution in [2.45, 2.75) is 19.4 Å². The molecule has 1 aromatic carbocycles. The van der Waals surface area contributed by atoms with E-state index in [1.165, 1.54) is 6.07 Å². The summed E-state index contributed by atoms with van der Waals surface area (Å²) in [5.74, 6) is 0.215. The van der Waals surface area contributed by atoms with Gasteiger partial charge in [0.25, 0.3) is 0 Å². The Hall–Kier alpha value is -1.30. The average molecular weight is 293 g/mol. The highest BCUT2D eigenvalue weighted by Gasteiger charge is 2.13. The van der Waals surface area contributed by atoms with Gasteiger partial charge in [-0.25, -0.2) is 0 Å². The fourth-order valence-electron chi connectivity index (χ4n) is 2.68. The minimum Gasteiger partial charge on any atom is -0.508 e. The maximum absolute atomic E-state index is 9.51. The van der Waals surface area contributed by atoms with Crippen LogP contribution in [0.15, 0.2) is 18.2 Å². The van der Waals surface area contributed by atoms with Crippen LogP contribution in [-0.2, 0) is 0 Å². The minimum absolute atomic E-state index is 0.107. The predicted octanol–water partition coefficient (Wildman–Crippen LogP) is 1.39. The standard InChI is InChI=1S/C16H27N3O2/c1-13(14-10-15(20)12-16(21)11-14)17-4-3-5-19-8-6-18(2)7-9-19/h10-13,17,20-21H,3-9H2,1-2H3. The van der Waals surface area contributed by atoms with Crippen molar-refractivity contribution in [2.75, 3.05) is 46.3 Å². The number of likely N-dealkylation sites (N-methyl/N-ethyl adjacent to an activating group) is 1. The Balaban J connectivity index is 1.68. The number of piperazine rings is 1. The lowest BCUT2D eigenvalue weighted by Crippen LogP contribution is -2.45. The first kappa shape index (κ1) is 16.1. The molecular weight excluding hydrogens is 266 g/mol. The van der Waals surface area contributed by atoms with Crippen molar-refractivity contribution < 1.29 is 10.2 Å². The summed E-state index contributed by atoms with van der Waals surface area (Å²) >= 11 is 0. The molecule has 2 rings (SSSR count). The molecule has 1 unspecified atom stereocenters. The summed E-state index contributed by atoms with van der Waals surface area (Å²) in [5, 5.41) is 22.5. The Morgan fingerprint density at radius 2 is 1.71 bits per heavy atom. The van der Waals surface area contributed by atoms with E-state index < -0.39 is 0 Å². The van der Waals surface area contributed by atoms with E-state index in [0.717, 1.165) is 51.3 Å². The van der Waals surface area contributed by atoms with Gasteiger partial charge in [0.2, 0.25) is 0 Å². The van der Waals surface area contributed by atoms with E-state index in [1.807, 2.05) is 6.92 Å². The van der Waals surface area contributed by atoms with Crippen molar-refractivity contribution in [3.05, 3.63) is 23.8 Å². The number of phenols is 2. The first-order valence-electron chi connectivity index (χ1n) is 7.72. The number of benzene rings is 1. The van der Waals surface area contributed by atoms with Crippen molar-refractivity contribution in [1.29, 1.82) is 0 Å². The zero-order chi connectivity index (χ0) is 15.2. The highest BCUT2D eigenvalue weighted by Crippen LogP contribution is 2.24. The van der Waals surface area contributed by atoms with Crippen LogP contribution in [-0.4, -0.2) is 66.3 Å². The molecule has 118 valence electrons. The van der Waals surface area contributed by atoms with Crippen LogP contribution in [0.5, 0.6) is 11.5 Å². The zero-order valence-electron chi connectivity index (χ0n) is 13.0. The van der Waals surface area contributed by atoms with Gasteiger partial charge in [-0.05, 0) is 51.2 Å². The Bertz CT molecular complexity index is 425. The van der Waals surface area contributed by atoms with Crippen LogP contribution in [0, 0.1) is 0 Å². The van der Waals surface area contributed by atoms with Gasteiger partial charge in [0.15, 0.2) is 0 Å². The lowest BCUT2D eigenvalue weighted by Gasteiger charge is -2.32. The van der Waals surface area contributed by atoms with E-state index in [4.69, 9.17) is 0 Å². The van der Waals surface area contributed by atoms with Crippen molar-refractivity contribution >= 4 is 0 Å². The van der Waals surface area contributed by atoms with E-state index >= 15 is 0 Å². The second-order valence-corrected chi connectivity index (χ2v) is 5.96. The monoisotopic (exact) mass is 293 g/mol. The number of hydrogen-bond acceptors (Lipinski definition) is 5. The fourth-order valence-corrected chi connectivity index (χ4v) is 2.68. The lowest BCUT2D eigenvalue weighted by atomic mass is 10.1. The second-order valence-electron chi connectivity index (χ2n) is 5.96. The third-order valence-electron chi connectivity index (χ3n) is 4.12. The summed E-state index contributed by atoms with van der Waals surface area (Å²) in [5.41, 5.74) is 0.909. The summed E-state index contributed by atoms with van der Waals surface area (Å²) in [6.07, 6.45) is 1.11. The van der Waals surface area contributed by atoms with E-state index in [2.05, 4.69) is 22.2 Å². The molecular formula is C16H27N3O2. The fraction of sp³-hybridized carbons (Fsp3) is 0.625. The van der Waals surface area contributed by atoms with Gasteiger partial charge in [-0.2, -0.15) is 0 Å². The third-order valence-corrected chi connectivity index (χ3v) is 4.12. The first-order valence-corrected chi connectivity index (χ1v) is 7.72. The first-order chi connectivity index (χ1) is 10.0. The normalized spacial score (nSPS) is 18.8. The van der Waals surface area contributed by atoms with Crippen LogP contribution >= 0.6 is 0 Å². The molecule has 1 aliphatic heterocycles. The molecule has 1 aromatic rings. The van der Waals surface area contributed by atoms with Crippen LogP contribution in [0.4, 0.5) is 0 Å². The number of aromatic hydroxyl groups is 2. The number of hydrogen-bond donors (Lipinski definition) is 3. The second kappa shape index (κ2) is 7.64. The summed E-state index contributed by atoms with van der Waals surface area (Å²) < 4.78 is 0. The summed E-state index contributed by atoms with van der Waals surface area (Å²) in [4.78, 5) is 4.87. The van der Waals surface area contributed by atoms with Gasteiger partial charge >= 0.3 is 0 Å². The van der Waals surface area contributed by atoms with Crippen molar-refractivity contribution in [1.82, 2.24) is 15.1 Å². The van der Waals surface area contributed by atoms with Crippen LogP contribution in [0.3, 0.4) is 0 Å². The number of phenolic OH excluding ortho intramolecular Hbond substituents is 2. The molecule has 3 N–H and O–H groups in total. The van der Waals surface area contributed by atoms with Crippen molar-refractivity contribution in [3.63, 3.8) is 0 Å². The average Bonchev–Trinajstić information content (AvgIpc) is 2.44. The zero-order valence-corrected chi connectivity index (χ0v) is 13.0. The summed E-state index contributed by atoms with van der Waals surface area (Å²) in [7, 11) is 2.17. The highest BCUT2D eigenvalue weighted by molar-refractivity contribution is 5.37. The maximum Gasteiger partial charge on any atom is 0.119 e. The van der Waals surface area contributed by atoms with E-state index in [1.54, 1.807) is 12.1 Å². The predicted molar refractivity (Wildman–Crippen MR) is 84.7 cm³/mol. The Morgan fingerprint density at radius 3 is 2.33 bits per heavy atom. The Kier molecular flexibility index (Phi) is 5.85. The molecule has 1 saturated heterocycles. The molecule has 0 aromatic heterocycles. The topological polar surface area (TPSA) is 59.0 Å². The maximum atomic E-state index is 9.51. The van der Waals surface area contributed by atoms with Gasteiger partial charge in [-0.3, -0.25) is 0 Å². The minimum atomic E-state index is 0.107. The van der Waals surface area contributed by atoms with Gasteiger partial charge in [-0.15, -0.1) is 0 Å². The number of nitrogens with zero attached hydrogens (tertiary/aromatic N) is 2. The number of rotatable bonds is 6. The van der Waals surface area contributed by atoms with Gasteiger partial charge < -0.3 is 25.3 Å². The summed E-state index contributed by atoms with van der Waals surface area (Å²) in [6, 6.07) is 4.86. The quantitative estimate of drug-likeness (QED) is 0.692. The SMILES string of the molecule is CC(NCCCN1CCN(C)CC1)c1cc(O)cc(O)c1. The molecule has 0 saturated carbocycles. The van der Waals surface area contributed by atoms with Gasteiger partial charge in [0, 0.05) is 38.3 Å². The van der Waals surface area contributed by atoms with Gasteiger partial charge in [0.1, 0.15) is 11.5 Å². The molecule has 21 heavy (non-hydrogen) atoms. The van der Waals surface area contributed by atoms with Crippen LogP contribution in [0.1, 0.15) is 24.9 Å². The smallest absolute Gasteiger partial charge is 0.119 e. The Labute approximate surface area is 127 Å². The molecule has 1 atom stereocenters. The summed E-state index contributed by atoms with van der Waals surface area (Å²) in [6.45, 7) is 8.74. The van der Waals surface area contributed by atoms with Crippen LogP contribution in [0.25, 0.3) is 0 Å². The van der Waals surface area contributed by atoms with Gasteiger partial charge in [-0.1, -0.05) is 0 Å². The van der Waals surface area contributed by atoms with Crippen molar-refractivity contribution in [2.24, 2.45) is 0 Å². The molecule has 1 fully saturated rings. The Morgan fingerprint density at radius 1 is 1.10 bits per heavy atom. The van der Waals surface area contributed by atoms with Crippen LogP contribution in [0.2, 0.25) is 0 Å². The molecule has 0 bridgehead atoms. The van der Waals surface area contributed by atoms with E-state index in [-0.39, 0.29) is 17.5 Å².